The van der Waals surface area contributed by atoms with E-state index in [1.54, 1.807) is 18.0 Å². The molecule has 1 saturated heterocycles. The van der Waals surface area contributed by atoms with Gasteiger partial charge in [-0.3, -0.25) is 4.79 Å². The molecule has 0 spiro atoms. The summed E-state index contributed by atoms with van der Waals surface area (Å²) in [5.41, 5.74) is 1.27. The Balaban J connectivity index is 1.56. The van der Waals surface area contributed by atoms with Gasteiger partial charge in [-0.05, 0) is 56.0 Å². The topological polar surface area (TPSA) is 67.6 Å². The molecular formula is C19H23N3O3. The third-order valence-electron chi connectivity index (χ3n) is 5.71. The number of carbonyl (C=O) groups excluding carboxylic acids is 1. The SMILES string of the molecule is CO[C@@]12CC[C@H](O)C[C@@H]1N(C(=O)c1ccc(-n3cccn3)cc1)CC2. The minimum absolute atomic E-state index is 0.00467. The normalized spacial score (nSPS) is 28.8. The van der Waals surface area contributed by atoms with E-state index in [2.05, 4.69) is 5.10 Å². The Hall–Kier alpha value is -2.18. The van der Waals surface area contributed by atoms with Gasteiger partial charge >= 0.3 is 0 Å². The zero-order valence-corrected chi connectivity index (χ0v) is 14.3. The fraction of sp³-hybridized carbons (Fsp3) is 0.474. The van der Waals surface area contributed by atoms with Gasteiger partial charge in [0.2, 0.25) is 0 Å². The van der Waals surface area contributed by atoms with E-state index in [0.29, 0.717) is 18.5 Å². The van der Waals surface area contributed by atoms with Crippen LogP contribution in [0.15, 0.2) is 42.7 Å². The Bertz CT molecular complexity index is 744. The number of hydrogen-bond donors (Lipinski definition) is 1. The number of amides is 1. The Labute approximate surface area is 147 Å². The number of aliphatic hydroxyl groups excluding tert-OH is 1. The van der Waals surface area contributed by atoms with Crippen LogP contribution in [0.1, 0.15) is 36.0 Å². The molecule has 4 rings (SSSR count). The summed E-state index contributed by atoms with van der Waals surface area (Å²) in [7, 11) is 1.72. The highest BCUT2D eigenvalue weighted by atomic mass is 16.5. The molecule has 1 amide bonds. The molecule has 2 aliphatic rings. The van der Waals surface area contributed by atoms with Crippen LogP contribution in [-0.2, 0) is 4.74 Å². The van der Waals surface area contributed by atoms with Crippen LogP contribution in [-0.4, -0.2) is 57.1 Å². The monoisotopic (exact) mass is 341 g/mol. The number of aromatic nitrogens is 2. The summed E-state index contributed by atoms with van der Waals surface area (Å²) in [5.74, 6) is 0.00467. The van der Waals surface area contributed by atoms with Crippen LogP contribution >= 0.6 is 0 Å². The molecule has 1 aliphatic heterocycles. The first-order chi connectivity index (χ1) is 12.1. The molecule has 6 heteroatoms. The predicted molar refractivity (Wildman–Crippen MR) is 92.6 cm³/mol. The van der Waals surface area contributed by atoms with Crippen LogP contribution in [0.4, 0.5) is 0 Å². The molecule has 132 valence electrons. The third-order valence-corrected chi connectivity index (χ3v) is 5.71. The van der Waals surface area contributed by atoms with Crippen molar-refractivity contribution in [3.05, 3.63) is 48.3 Å². The van der Waals surface area contributed by atoms with E-state index in [1.165, 1.54) is 0 Å². The van der Waals surface area contributed by atoms with Crippen molar-refractivity contribution in [2.24, 2.45) is 0 Å². The number of rotatable bonds is 3. The quantitative estimate of drug-likeness (QED) is 0.927. The minimum Gasteiger partial charge on any atom is -0.393 e. The summed E-state index contributed by atoms with van der Waals surface area (Å²) >= 11 is 0. The van der Waals surface area contributed by atoms with Gasteiger partial charge in [-0.1, -0.05) is 0 Å². The maximum absolute atomic E-state index is 13.0. The van der Waals surface area contributed by atoms with Crippen LogP contribution < -0.4 is 0 Å². The number of nitrogens with zero attached hydrogens (tertiary/aromatic N) is 3. The van der Waals surface area contributed by atoms with Gasteiger partial charge in [-0.2, -0.15) is 5.10 Å². The molecule has 0 radical (unpaired) electrons. The number of aliphatic hydroxyl groups is 1. The van der Waals surface area contributed by atoms with Crippen molar-refractivity contribution < 1.29 is 14.6 Å². The van der Waals surface area contributed by atoms with Gasteiger partial charge in [0.05, 0.1) is 23.4 Å². The van der Waals surface area contributed by atoms with Gasteiger partial charge in [0.1, 0.15) is 0 Å². The Morgan fingerprint density at radius 2 is 2.12 bits per heavy atom. The molecule has 25 heavy (non-hydrogen) atoms. The number of fused-ring (bicyclic) bond motifs is 1. The van der Waals surface area contributed by atoms with Crippen LogP contribution in [0.2, 0.25) is 0 Å². The van der Waals surface area contributed by atoms with Gasteiger partial charge in [-0.15, -0.1) is 0 Å². The van der Waals surface area contributed by atoms with Crippen LogP contribution in [0.3, 0.4) is 0 Å². The van der Waals surface area contributed by atoms with E-state index >= 15 is 0 Å². The van der Waals surface area contributed by atoms with Crippen LogP contribution in [0.5, 0.6) is 0 Å². The smallest absolute Gasteiger partial charge is 0.254 e. The standard InChI is InChI=1S/C19H23N3O3/c1-25-19-8-7-16(23)13-17(19)21(12-9-19)18(24)14-3-5-15(6-4-14)22-11-2-10-20-22/h2-6,10-11,16-17,23H,7-9,12-13H2,1H3/t16-,17-,19+/m0/s1. The van der Waals surface area contributed by atoms with Crippen LogP contribution in [0, 0.1) is 0 Å². The van der Waals surface area contributed by atoms with E-state index in [-0.39, 0.29) is 23.7 Å². The molecule has 1 aromatic carbocycles. The molecule has 0 unspecified atom stereocenters. The van der Waals surface area contributed by atoms with E-state index in [4.69, 9.17) is 4.74 Å². The number of likely N-dealkylation sites (tertiary alicyclic amines) is 1. The summed E-state index contributed by atoms with van der Waals surface area (Å²) in [4.78, 5) is 14.9. The van der Waals surface area contributed by atoms with Gasteiger partial charge in [0, 0.05) is 31.6 Å². The van der Waals surface area contributed by atoms with Crippen molar-refractivity contribution >= 4 is 5.91 Å². The first kappa shape index (κ1) is 16.3. The second kappa shape index (κ2) is 6.28. The highest BCUT2D eigenvalue weighted by molar-refractivity contribution is 5.95. The highest BCUT2D eigenvalue weighted by Crippen LogP contribution is 2.42. The molecule has 2 heterocycles. The molecule has 2 aromatic rings. The molecule has 1 N–H and O–H groups in total. The zero-order valence-electron chi connectivity index (χ0n) is 14.3. The van der Waals surface area contributed by atoms with E-state index in [1.807, 2.05) is 41.4 Å². The van der Waals surface area contributed by atoms with Crippen molar-refractivity contribution in [2.75, 3.05) is 13.7 Å². The second-order valence-corrected chi connectivity index (χ2v) is 6.96. The zero-order chi connectivity index (χ0) is 17.4. The van der Waals surface area contributed by atoms with Gasteiger partial charge < -0.3 is 14.7 Å². The number of methoxy groups -OCH3 is 1. The lowest BCUT2D eigenvalue weighted by atomic mass is 9.79. The van der Waals surface area contributed by atoms with Crippen molar-refractivity contribution in [1.82, 2.24) is 14.7 Å². The highest BCUT2D eigenvalue weighted by Gasteiger charge is 2.52. The number of carbonyl (C=O) groups is 1. The largest absolute Gasteiger partial charge is 0.393 e. The molecular weight excluding hydrogens is 318 g/mol. The minimum atomic E-state index is -0.358. The summed E-state index contributed by atoms with van der Waals surface area (Å²) < 4.78 is 7.58. The van der Waals surface area contributed by atoms with E-state index in [0.717, 1.165) is 24.9 Å². The van der Waals surface area contributed by atoms with Crippen molar-refractivity contribution in [2.45, 2.75) is 43.4 Å². The maximum atomic E-state index is 13.0. The maximum Gasteiger partial charge on any atom is 0.254 e. The lowest BCUT2D eigenvalue weighted by molar-refractivity contribution is -0.0824. The molecule has 2 fully saturated rings. The summed E-state index contributed by atoms with van der Waals surface area (Å²) in [6.07, 6.45) is 6.20. The lowest BCUT2D eigenvalue weighted by Crippen LogP contribution is -2.52. The van der Waals surface area contributed by atoms with Gasteiger partial charge in [-0.25, -0.2) is 4.68 Å². The average molecular weight is 341 g/mol. The Kier molecular flexibility index (Phi) is 4.09. The van der Waals surface area contributed by atoms with E-state index in [9.17, 15) is 9.90 Å². The van der Waals surface area contributed by atoms with Crippen molar-refractivity contribution in [1.29, 1.82) is 0 Å². The number of hydrogen-bond acceptors (Lipinski definition) is 4. The second-order valence-electron chi connectivity index (χ2n) is 6.96. The Morgan fingerprint density at radius 3 is 2.80 bits per heavy atom. The average Bonchev–Trinajstić information content (AvgIpc) is 3.30. The molecule has 0 bridgehead atoms. The molecule has 3 atom stereocenters. The molecule has 1 aromatic heterocycles. The van der Waals surface area contributed by atoms with Gasteiger partial charge in [0.15, 0.2) is 0 Å². The summed E-state index contributed by atoms with van der Waals surface area (Å²) in [5, 5.41) is 14.3. The summed E-state index contributed by atoms with van der Waals surface area (Å²) in [6.45, 7) is 0.672. The first-order valence-corrected chi connectivity index (χ1v) is 8.77. The molecule has 1 aliphatic carbocycles. The first-order valence-electron chi connectivity index (χ1n) is 8.77. The molecule has 6 nitrogen and oxygen atoms in total. The third kappa shape index (κ3) is 2.75. The fourth-order valence-electron chi connectivity index (χ4n) is 4.26. The fourth-order valence-corrected chi connectivity index (χ4v) is 4.26. The Morgan fingerprint density at radius 1 is 1.32 bits per heavy atom. The van der Waals surface area contributed by atoms with E-state index < -0.39 is 0 Å². The van der Waals surface area contributed by atoms with Gasteiger partial charge in [0.25, 0.3) is 5.91 Å². The molecule has 1 saturated carbocycles. The van der Waals surface area contributed by atoms with Crippen LogP contribution in [0.25, 0.3) is 5.69 Å². The number of ether oxygens (including phenoxy) is 1. The lowest BCUT2D eigenvalue weighted by Gasteiger charge is -2.42. The van der Waals surface area contributed by atoms with Crippen molar-refractivity contribution in [3.8, 4) is 5.69 Å². The number of benzene rings is 1. The summed E-state index contributed by atoms with van der Waals surface area (Å²) in [6, 6.07) is 9.28. The predicted octanol–water partition coefficient (Wildman–Crippen LogP) is 2.02. The van der Waals surface area contributed by atoms with Crippen molar-refractivity contribution in [3.63, 3.8) is 0 Å².